The van der Waals surface area contributed by atoms with Crippen LogP contribution in [0, 0.1) is 5.41 Å². The molecule has 1 heterocycles. The monoisotopic (exact) mass is 472 g/mol. The van der Waals surface area contributed by atoms with Crippen LogP contribution in [0.1, 0.15) is 6.92 Å². The fourth-order valence-corrected chi connectivity index (χ4v) is 3.07. The van der Waals surface area contributed by atoms with Gasteiger partial charge in [0.05, 0.1) is 12.0 Å². The summed E-state index contributed by atoms with van der Waals surface area (Å²) in [6, 6.07) is 5.97. The summed E-state index contributed by atoms with van der Waals surface area (Å²) < 4.78 is 109. The standard InChI is InChI=1S/C16H14F6N4O4S/c1-14(15(17,18)19,16(20,21)22)13(27)23-9-3-5-10(6-4-9)31(28,29)26-11-7-8-12(30-2)25-24-11/h3-8H,1-2H3,(H,23,27)(H,24,26). The minimum Gasteiger partial charge on any atom is -0.480 e. The first-order chi connectivity index (χ1) is 14.1. The number of halogens is 6. The van der Waals surface area contributed by atoms with Gasteiger partial charge in [0, 0.05) is 11.8 Å². The topological polar surface area (TPSA) is 110 Å². The molecule has 15 heteroatoms. The first kappa shape index (κ1) is 24.2. The number of rotatable bonds is 6. The molecule has 0 unspecified atom stereocenters. The van der Waals surface area contributed by atoms with Crippen molar-refractivity contribution in [3.05, 3.63) is 36.4 Å². The Hall–Kier alpha value is -3.10. The molecule has 0 aliphatic rings. The molecule has 2 rings (SSSR count). The average Bonchev–Trinajstić information content (AvgIpc) is 2.66. The van der Waals surface area contributed by atoms with Crippen LogP contribution in [0.3, 0.4) is 0 Å². The molecule has 0 aliphatic heterocycles. The minimum absolute atomic E-state index is 0.118. The number of sulfonamides is 1. The van der Waals surface area contributed by atoms with E-state index in [2.05, 4.69) is 14.9 Å². The van der Waals surface area contributed by atoms with Crippen molar-refractivity contribution in [1.29, 1.82) is 0 Å². The number of carbonyl (C=O) groups is 1. The Balaban J connectivity index is 2.21. The third-order valence-corrected chi connectivity index (χ3v) is 5.47. The lowest BCUT2D eigenvalue weighted by Gasteiger charge is -2.32. The normalized spacial score (nSPS) is 12.9. The van der Waals surface area contributed by atoms with E-state index in [-0.39, 0.29) is 18.6 Å². The molecule has 170 valence electrons. The number of carbonyl (C=O) groups excluding carboxylic acids is 1. The van der Waals surface area contributed by atoms with Gasteiger partial charge in [0.2, 0.25) is 17.2 Å². The molecule has 0 bridgehead atoms. The van der Waals surface area contributed by atoms with Crippen molar-refractivity contribution >= 4 is 27.4 Å². The second kappa shape index (κ2) is 8.20. The smallest absolute Gasteiger partial charge is 0.411 e. The molecule has 0 saturated heterocycles. The second-order valence-electron chi connectivity index (χ2n) is 6.17. The maximum absolute atomic E-state index is 12.9. The van der Waals surface area contributed by atoms with E-state index in [1.54, 1.807) is 0 Å². The van der Waals surface area contributed by atoms with Crippen molar-refractivity contribution in [3.8, 4) is 5.88 Å². The molecule has 31 heavy (non-hydrogen) atoms. The zero-order valence-electron chi connectivity index (χ0n) is 15.7. The van der Waals surface area contributed by atoms with Crippen LogP contribution < -0.4 is 14.8 Å². The van der Waals surface area contributed by atoms with E-state index in [4.69, 9.17) is 4.74 Å². The Morgan fingerprint density at radius 2 is 1.48 bits per heavy atom. The second-order valence-corrected chi connectivity index (χ2v) is 7.85. The van der Waals surface area contributed by atoms with Gasteiger partial charge in [0.1, 0.15) is 0 Å². The number of aromatic nitrogens is 2. The summed E-state index contributed by atoms with van der Waals surface area (Å²) >= 11 is 0. The van der Waals surface area contributed by atoms with Gasteiger partial charge in [-0.2, -0.15) is 26.3 Å². The van der Waals surface area contributed by atoms with E-state index in [1.807, 2.05) is 0 Å². The highest BCUT2D eigenvalue weighted by Gasteiger charge is 2.72. The molecule has 0 radical (unpaired) electrons. The molecular formula is C16H14F6N4O4S. The van der Waals surface area contributed by atoms with Crippen molar-refractivity contribution in [1.82, 2.24) is 10.2 Å². The Morgan fingerprint density at radius 1 is 0.935 bits per heavy atom. The number of ether oxygens (including phenoxy) is 1. The summed E-state index contributed by atoms with van der Waals surface area (Å²) in [5, 5.41) is 8.61. The van der Waals surface area contributed by atoms with Crippen LogP contribution in [-0.4, -0.2) is 44.0 Å². The van der Waals surface area contributed by atoms with Crippen LogP contribution >= 0.6 is 0 Å². The molecule has 1 aromatic heterocycles. The molecule has 0 atom stereocenters. The highest BCUT2D eigenvalue weighted by Crippen LogP contribution is 2.50. The SMILES string of the molecule is COc1ccc(NS(=O)(=O)c2ccc(NC(=O)C(C)(C(F)(F)F)C(F)(F)F)cc2)nn1. The third kappa shape index (κ3) is 4.98. The van der Waals surface area contributed by atoms with Gasteiger partial charge in [-0.25, -0.2) is 8.42 Å². The van der Waals surface area contributed by atoms with Crippen LogP contribution in [0.15, 0.2) is 41.3 Å². The Labute approximate surface area is 171 Å². The van der Waals surface area contributed by atoms with Gasteiger partial charge < -0.3 is 10.1 Å². The largest absolute Gasteiger partial charge is 0.480 e. The van der Waals surface area contributed by atoms with E-state index in [1.165, 1.54) is 24.6 Å². The summed E-state index contributed by atoms with van der Waals surface area (Å²) in [5.41, 5.74) is -5.15. The summed E-state index contributed by atoms with van der Waals surface area (Å²) in [6.07, 6.45) is -11.8. The van der Waals surface area contributed by atoms with Gasteiger partial charge in [-0.3, -0.25) is 9.52 Å². The first-order valence-electron chi connectivity index (χ1n) is 8.07. The number of anilines is 2. The quantitative estimate of drug-likeness (QED) is 0.624. The third-order valence-electron chi connectivity index (χ3n) is 4.10. The average molecular weight is 472 g/mol. The van der Waals surface area contributed by atoms with Crippen LogP contribution in [-0.2, 0) is 14.8 Å². The summed E-state index contributed by atoms with van der Waals surface area (Å²) in [7, 11) is -2.90. The lowest BCUT2D eigenvalue weighted by molar-refractivity contribution is -0.317. The zero-order chi connectivity index (χ0) is 23.7. The van der Waals surface area contributed by atoms with Gasteiger partial charge in [0.15, 0.2) is 5.82 Å². The predicted octanol–water partition coefficient (Wildman–Crippen LogP) is 3.36. The summed E-state index contributed by atoms with van der Waals surface area (Å²) in [6.45, 7) is -0.291. The number of nitrogens with zero attached hydrogens (tertiary/aromatic N) is 2. The van der Waals surface area contributed by atoms with Crippen molar-refractivity contribution in [2.45, 2.75) is 24.2 Å². The molecule has 8 nitrogen and oxygen atoms in total. The van der Waals surface area contributed by atoms with Crippen molar-refractivity contribution in [2.75, 3.05) is 17.1 Å². The zero-order valence-corrected chi connectivity index (χ0v) is 16.5. The number of hydrogen-bond donors (Lipinski definition) is 2. The van der Waals surface area contributed by atoms with Gasteiger partial charge >= 0.3 is 12.4 Å². The first-order valence-corrected chi connectivity index (χ1v) is 9.55. The van der Waals surface area contributed by atoms with Gasteiger partial charge in [-0.1, -0.05) is 0 Å². The Morgan fingerprint density at radius 3 is 1.90 bits per heavy atom. The highest BCUT2D eigenvalue weighted by atomic mass is 32.2. The molecule has 1 aromatic carbocycles. The molecule has 0 spiro atoms. The van der Waals surface area contributed by atoms with E-state index < -0.39 is 44.3 Å². The summed E-state index contributed by atoms with van der Waals surface area (Å²) in [5.74, 6) is -2.42. The number of nitrogens with one attached hydrogen (secondary N) is 2. The van der Waals surface area contributed by atoms with Crippen LogP contribution in [0.2, 0.25) is 0 Å². The number of hydrogen-bond acceptors (Lipinski definition) is 6. The number of alkyl halides is 6. The molecule has 1 amide bonds. The Bertz CT molecular complexity index is 1020. The number of methoxy groups -OCH3 is 1. The van der Waals surface area contributed by atoms with Gasteiger partial charge in [-0.05, 0) is 37.3 Å². The number of benzene rings is 1. The van der Waals surface area contributed by atoms with E-state index in [0.717, 1.165) is 24.3 Å². The van der Waals surface area contributed by atoms with Gasteiger partial charge in [-0.15, -0.1) is 10.2 Å². The van der Waals surface area contributed by atoms with E-state index in [9.17, 15) is 39.6 Å². The van der Waals surface area contributed by atoms with Crippen LogP contribution in [0.4, 0.5) is 37.8 Å². The fourth-order valence-electron chi connectivity index (χ4n) is 2.07. The molecule has 0 aliphatic carbocycles. The van der Waals surface area contributed by atoms with Crippen LogP contribution in [0.5, 0.6) is 5.88 Å². The van der Waals surface area contributed by atoms with Crippen LogP contribution in [0.25, 0.3) is 0 Å². The fraction of sp³-hybridized carbons (Fsp3) is 0.312. The van der Waals surface area contributed by atoms with Gasteiger partial charge in [0.25, 0.3) is 10.0 Å². The van der Waals surface area contributed by atoms with E-state index >= 15 is 0 Å². The molecule has 0 fully saturated rings. The van der Waals surface area contributed by atoms with Crippen molar-refractivity contribution < 1.29 is 44.3 Å². The molecular weight excluding hydrogens is 458 g/mol. The predicted molar refractivity (Wildman–Crippen MR) is 94.7 cm³/mol. The van der Waals surface area contributed by atoms with Crippen molar-refractivity contribution in [3.63, 3.8) is 0 Å². The maximum Gasteiger partial charge on any atom is 0.411 e. The lowest BCUT2D eigenvalue weighted by atomic mass is 9.87. The van der Waals surface area contributed by atoms with E-state index in [0.29, 0.717) is 0 Å². The maximum atomic E-state index is 12.9. The molecule has 0 saturated carbocycles. The summed E-state index contributed by atoms with van der Waals surface area (Å²) in [4.78, 5) is 11.4. The van der Waals surface area contributed by atoms with Crippen molar-refractivity contribution in [2.24, 2.45) is 5.41 Å². The minimum atomic E-state index is -5.91. The highest BCUT2D eigenvalue weighted by molar-refractivity contribution is 7.92. The molecule has 2 aromatic rings. The Kier molecular flexibility index (Phi) is 6.40. The number of amides is 1. The molecule has 2 N–H and O–H groups in total. The lowest BCUT2D eigenvalue weighted by Crippen LogP contribution is -2.55.